The van der Waals surface area contributed by atoms with Crippen LogP contribution in [0, 0.1) is 6.92 Å². The summed E-state index contributed by atoms with van der Waals surface area (Å²) in [6, 6.07) is 0.594. The van der Waals surface area contributed by atoms with Crippen LogP contribution in [-0.4, -0.2) is 37.1 Å². The predicted octanol–water partition coefficient (Wildman–Crippen LogP) is 2.41. The standard InChI is InChI=1S/C14H17N5S/c1-8(2)18-5-4-10-11(6-18)20-14-12(10)13-16-9(3)17-19(13)7-15-14/h7-8H,4-6H2,1-3H3. The van der Waals surface area contributed by atoms with Crippen LogP contribution in [0.15, 0.2) is 6.33 Å². The first-order chi connectivity index (χ1) is 9.63. The molecule has 1 aliphatic rings. The van der Waals surface area contributed by atoms with Gasteiger partial charge < -0.3 is 0 Å². The van der Waals surface area contributed by atoms with E-state index in [2.05, 4.69) is 33.8 Å². The van der Waals surface area contributed by atoms with Gasteiger partial charge in [-0.25, -0.2) is 14.5 Å². The van der Waals surface area contributed by atoms with Crippen LogP contribution < -0.4 is 0 Å². The van der Waals surface area contributed by atoms with Crippen LogP contribution >= 0.6 is 11.3 Å². The highest BCUT2D eigenvalue weighted by atomic mass is 32.1. The van der Waals surface area contributed by atoms with Crippen LogP contribution in [0.25, 0.3) is 15.9 Å². The van der Waals surface area contributed by atoms with E-state index in [9.17, 15) is 0 Å². The Morgan fingerprint density at radius 1 is 1.35 bits per heavy atom. The predicted molar refractivity (Wildman–Crippen MR) is 80.2 cm³/mol. The normalized spacial score (nSPS) is 16.4. The molecule has 5 nitrogen and oxygen atoms in total. The SMILES string of the molecule is Cc1nc2c3c4c(sc3ncn2n1)CN(C(C)C)CC4. The molecule has 104 valence electrons. The minimum absolute atomic E-state index is 0.594. The zero-order valence-electron chi connectivity index (χ0n) is 11.9. The second-order valence-electron chi connectivity index (χ2n) is 5.67. The van der Waals surface area contributed by atoms with Crippen LogP contribution in [0.1, 0.15) is 30.1 Å². The quantitative estimate of drug-likeness (QED) is 0.689. The third-order valence-electron chi connectivity index (χ3n) is 4.04. The van der Waals surface area contributed by atoms with Gasteiger partial charge in [0, 0.05) is 24.0 Å². The lowest BCUT2D eigenvalue weighted by Gasteiger charge is -2.30. The highest BCUT2D eigenvalue weighted by Crippen LogP contribution is 2.36. The summed E-state index contributed by atoms with van der Waals surface area (Å²) in [5, 5.41) is 5.59. The van der Waals surface area contributed by atoms with Crippen molar-refractivity contribution >= 4 is 27.2 Å². The Morgan fingerprint density at radius 2 is 2.20 bits per heavy atom. The maximum Gasteiger partial charge on any atom is 0.167 e. The molecule has 0 atom stereocenters. The number of rotatable bonds is 1. The Labute approximate surface area is 121 Å². The van der Waals surface area contributed by atoms with Gasteiger partial charge in [-0.2, -0.15) is 5.10 Å². The van der Waals surface area contributed by atoms with Gasteiger partial charge in [0.15, 0.2) is 5.65 Å². The summed E-state index contributed by atoms with van der Waals surface area (Å²) >= 11 is 1.81. The molecular formula is C14H17N5S. The number of aryl methyl sites for hydroxylation is 1. The second kappa shape index (κ2) is 4.23. The van der Waals surface area contributed by atoms with Crippen LogP contribution in [0.4, 0.5) is 0 Å². The van der Waals surface area contributed by atoms with Crippen molar-refractivity contribution in [3.8, 4) is 0 Å². The largest absolute Gasteiger partial charge is 0.296 e. The van der Waals surface area contributed by atoms with E-state index in [4.69, 9.17) is 0 Å². The molecule has 3 aromatic heterocycles. The molecule has 0 aromatic carbocycles. The number of hydrogen-bond donors (Lipinski definition) is 0. The smallest absolute Gasteiger partial charge is 0.167 e. The minimum atomic E-state index is 0.594. The van der Waals surface area contributed by atoms with E-state index in [-0.39, 0.29) is 0 Å². The molecule has 0 spiro atoms. The first-order valence-corrected chi connectivity index (χ1v) is 7.81. The average Bonchev–Trinajstić information content (AvgIpc) is 2.96. The van der Waals surface area contributed by atoms with Gasteiger partial charge in [0.05, 0.1) is 5.39 Å². The van der Waals surface area contributed by atoms with Gasteiger partial charge in [-0.15, -0.1) is 11.3 Å². The molecule has 0 aliphatic carbocycles. The highest BCUT2D eigenvalue weighted by Gasteiger charge is 2.24. The van der Waals surface area contributed by atoms with E-state index in [1.807, 2.05) is 18.3 Å². The first kappa shape index (κ1) is 12.2. The molecule has 4 heterocycles. The third-order valence-corrected chi connectivity index (χ3v) is 5.17. The van der Waals surface area contributed by atoms with Gasteiger partial charge in [0.25, 0.3) is 0 Å². The Hall–Kier alpha value is -1.53. The van der Waals surface area contributed by atoms with Crippen molar-refractivity contribution in [2.75, 3.05) is 6.54 Å². The molecule has 0 radical (unpaired) electrons. The Balaban J connectivity index is 1.95. The molecule has 0 saturated heterocycles. The Bertz CT molecular complexity index is 801. The van der Waals surface area contributed by atoms with Crippen molar-refractivity contribution in [2.24, 2.45) is 0 Å². The van der Waals surface area contributed by atoms with Gasteiger partial charge in [0.2, 0.25) is 0 Å². The van der Waals surface area contributed by atoms with Gasteiger partial charge >= 0.3 is 0 Å². The maximum atomic E-state index is 4.58. The van der Waals surface area contributed by atoms with E-state index >= 15 is 0 Å². The molecule has 0 bridgehead atoms. The molecule has 4 rings (SSSR count). The fraction of sp³-hybridized carbons (Fsp3) is 0.500. The molecule has 0 fully saturated rings. The summed E-state index contributed by atoms with van der Waals surface area (Å²) in [6.45, 7) is 8.60. The van der Waals surface area contributed by atoms with Gasteiger partial charge in [-0.3, -0.25) is 4.90 Å². The number of nitrogens with zero attached hydrogens (tertiary/aromatic N) is 5. The Morgan fingerprint density at radius 3 is 3.00 bits per heavy atom. The van der Waals surface area contributed by atoms with Crippen LogP contribution in [0.5, 0.6) is 0 Å². The monoisotopic (exact) mass is 287 g/mol. The molecule has 0 N–H and O–H groups in total. The van der Waals surface area contributed by atoms with E-state index in [1.54, 1.807) is 10.8 Å². The third kappa shape index (κ3) is 1.68. The molecule has 1 aliphatic heterocycles. The molecule has 0 amide bonds. The fourth-order valence-electron chi connectivity index (χ4n) is 2.96. The summed E-state index contributed by atoms with van der Waals surface area (Å²) in [7, 11) is 0. The van der Waals surface area contributed by atoms with Crippen molar-refractivity contribution in [3.05, 3.63) is 22.6 Å². The van der Waals surface area contributed by atoms with Crippen molar-refractivity contribution in [3.63, 3.8) is 0 Å². The molecule has 20 heavy (non-hydrogen) atoms. The van der Waals surface area contributed by atoms with E-state index in [0.717, 1.165) is 35.8 Å². The number of hydrogen-bond acceptors (Lipinski definition) is 5. The second-order valence-corrected chi connectivity index (χ2v) is 6.75. The molecule has 0 unspecified atom stereocenters. The average molecular weight is 287 g/mol. The van der Waals surface area contributed by atoms with Crippen molar-refractivity contribution in [1.82, 2.24) is 24.5 Å². The number of aromatic nitrogens is 4. The van der Waals surface area contributed by atoms with Crippen molar-refractivity contribution < 1.29 is 0 Å². The zero-order chi connectivity index (χ0) is 13.9. The highest BCUT2D eigenvalue weighted by molar-refractivity contribution is 7.19. The lowest BCUT2D eigenvalue weighted by atomic mass is 10.0. The van der Waals surface area contributed by atoms with Crippen LogP contribution in [0.3, 0.4) is 0 Å². The summed E-state index contributed by atoms with van der Waals surface area (Å²) in [6.07, 6.45) is 2.86. The van der Waals surface area contributed by atoms with Gasteiger partial charge in [-0.1, -0.05) is 0 Å². The summed E-state index contributed by atoms with van der Waals surface area (Å²) in [5.41, 5.74) is 2.40. The van der Waals surface area contributed by atoms with Gasteiger partial charge in [0.1, 0.15) is 17.0 Å². The van der Waals surface area contributed by atoms with Crippen molar-refractivity contribution in [1.29, 1.82) is 0 Å². The number of fused-ring (bicyclic) bond motifs is 5. The van der Waals surface area contributed by atoms with Crippen LogP contribution in [0.2, 0.25) is 0 Å². The summed E-state index contributed by atoms with van der Waals surface area (Å²) < 4.78 is 1.81. The zero-order valence-corrected chi connectivity index (χ0v) is 12.7. The Kier molecular flexibility index (Phi) is 2.59. The number of thiophene rings is 1. The molecule has 3 aromatic rings. The first-order valence-electron chi connectivity index (χ1n) is 7.00. The van der Waals surface area contributed by atoms with Crippen molar-refractivity contribution in [2.45, 2.75) is 39.8 Å². The fourth-order valence-corrected chi connectivity index (χ4v) is 4.17. The molecular weight excluding hydrogens is 270 g/mol. The lowest BCUT2D eigenvalue weighted by molar-refractivity contribution is 0.206. The lowest BCUT2D eigenvalue weighted by Crippen LogP contribution is -2.35. The topological polar surface area (TPSA) is 46.3 Å². The minimum Gasteiger partial charge on any atom is -0.296 e. The van der Waals surface area contributed by atoms with Gasteiger partial charge in [-0.05, 0) is 32.8 Å². The van der Waals surface area contributed by atoms with E-state index in [1.165, 1.54) is 15.8 Å². The van der Waals surface area contributed by atoms with E-state index in [0.29, 0.717) is 6.04 Å². The summed E-state index contributed by atoms with van der Waals surface area (Å²) in [4.78, 5) is 14.2. The summed E-state index contributed by atoms with van der Waals surface area (Å²) in [5.74, 6) is 0.805. The van der Waals surface area contributed by atoms with Crippen LogP contribution in [-0.2, 0) is 13.0 Å². The maximum absolute atomic E-state index is 4.58. The van der Waals surface area contributed by atoms with E-state index < -0.39 is 0 Å². The molecule has 0 saturated carbocycles. The molecule has 6 heteroatoms.